The zero-order valence-electron chi connectivity index (χ0n) is 17.1. The minimum absolute atomic E-state index is 0.371. The summed E-state index contributed by atoms with van der Waals surface area (Å²) in [6, 6.07) is 3.95. The van der Waals surface area contributed by atoms with Crippen LogP contribution in [0.2, 0.25) is 0 Å². The Kier molecular flexibility index (Phi) is 5.37. The van der Waals surface area contributed by atoms with Gasteiger partial charge in [-0.3, -0.25) is 9.88 Å². The third-order valence-electron chi connectivity index (χ3n) is 5.66. The van der Waals surface area contributed by atoms with Gasteiger partial charge in [-0.25, -0.2) is 9.97 Å². The van der Waals surface area contributed by atoms with E-state index in [9.17, 15) is 0 Å². The van der Waals surface area contributed by atoms with Crippen molar-refractivity contribution < 1.29 is 9.26 Å². The molecule has 3 aromatic heterocycles. The monoisotopic (exact) mass is 407 g/mol. The highest BCUT2D eigenvalue weighted by molar-refractivity contribution is 5.61. The molecule has 3 aromatic rings. The molecular formula is C21H25N7O2. The first kappa shape index (κ1) is 19.1. The van der Waals surface area contributed by atoms with Gasteiger partial charge in [0, 0.05) is 62.5 Å². The van der Waals surface area contributed by atoms with Gasteiger partial charge in [0.25, 0.3) is 0 Å². The molecule has 0 N–H and O–H groups in total. The van der Waals surface area contributed by atoms with Gasteiger partial charge >= 0.3 is 0 Å². The maximum absolute atomic E-state index is 5.33. The van der Waals surface area contributed by atoms with Crippen molar-refractivity contribution in [2.75, 3.05) is 38.2 Å². The number of ether oxygens (including phenoxy) is 1. The van der Waals surface area contributed by atoms with Gasteiger partial charge in [0.2, 0.25) is 5.89 Å². The SMILES string of the molecule is COCc1noc(CN2CCN(c3nc(-c4ccncc4)nc4c3CCC4)CC2)n1. The fourth-order valence-electron chi connectivity index (χ4n) is 4.16. The summed E-state index contributed by atoms with van der Waals surface area (Å²) in [7, 11) is 1.62. The van der Waals surface area contributed by atoms with Crippen molar-refractivity contribution in [3.63, 3.8) is 0 Å². The van der Waals surface area contributed by atoms with E-state index in [0.29, 0.717) is 24.9 Å². The molecule has 9 heteroatoms. The standard InChI is InChI=1S/C21H25N7O2/c1-29-14-18-24-19(30-26-18)13-27-9-11-28(12-10-27)21-16-3-2-4-17(16)23-20(25-21)15-5-7-22-8-6-15/h5-8H,2-4,9-14H2,1H3. The van der Waals surface area contributed by atoms with E-state index in [1.165, 1.54) is 11.3 Å². The number of hydrogen-bond donors (Lipinski definition) is 0. The Morgan fingerprint density at radius 3 is 2.67 bits per heavy atom. The van der Waals surface area contributed by atoms with Crippen LogP contribution in [0.1, 0.15) is 29.4 Å². The normalized spacial score (nSPS) is 16.8. The lowest BCUT2D eigenvalue weighted by Gasteiger charge is -2.35. The smallest absolute Gasteiger partial charge is 0.240 e. The fraction of sp³-hybridized carbons (Fsp3) is 0.476. The first-order valence-electron chi connectivity index (χ1n) is 10.4. The molecule has 0 amide bonds. The van der Waals surface area contributed by atoms with Gasteiger partial charge in [0.15, 0.2) is 11.6 Å². The molecule has 0 radical (unpaired) electrons. The Balaban J connectivity index is 1.30. The topological polar surface area (TPSA) is 93.3 Å². The predicted octanol–water partition coefficient (Wildman–Crippen LogP) is 1.88. The lowest BCUT2D eigenvalue weighted by atomic mass is 10.2. The Hall–Kier alpha value is -2.91. The summed E-state index contributed by atoms with van der Waals surface area (Å²) in [6.45, 7) is 4.71. The van der Waals surface area contributed by atoms with Crippen molar-refractivity contribution in [3.8, 4) is 11.4 Å². The van der Waals surface area contributed by atoms with Crippen LogP contribution in [0, 0.1) is 0 Å². The van der Waals surface area contributed by atoms with Crippen molar-refractivity contribution >= 4 is 5.82 Å². The van der Waals surface area contributed by atoms with Crippen LogP contribution < -0.4 is 4.90 Å². The molecule has 0 bridgehead atoms. The summed E-state index contributed by atoms with van der Waals surface area (Å²) >= 11 is 0. The first-order chi connectivity index (χ1) is 14.8. The van der Waals surface area contributed by atoms with Crippen LogP contribution in [0.25, 0.3) is 11.4 Å². The van der Waals surface area contributed by atoms with Crippen molar-refractivity contribution in [2.45, 2.75) is 32.4 Å². The second kappa shape index (κ2) is 8.45. The summed E-state index contributed by atoms with van der Waals surface area (Å²) < 4.78 is 10.4. The summed E-state index contributed by atoms with van der Waals surface area (Å²) in [5.74, 6) is 3.13. The van der Waals surface area contributed by atoms with Crippen LogP contribution in [0.4, 0.5) is 5.82 Å². The zero-order chi connectivity index (χ0) is 20.3. The second-order valence-corrected chi connectivity index (χ2v) is 7.69. The maximum Gasteiger partial charge on any atom is 0.240 e. The maximum atomic E-state index is 5.33. The molecule has 5 rings (SSSR count). The average Bonchev–Trinajstić information content (AvgIpc) is 3.44. The van der Waals surface area contributed by atoms with Crippen LogP contribution in [0.3, 0.4) is 0 Å². The fourth-order valence-corrected chi connectivity index (χ4v) is 4.16. The van der Waals surface area contributed by atoms with Gasteiger partial charge in [-0.2, -0.15) is 4.98 Å². The molecule has 0 aromatic carbocycles. The molecule has 0 spiro atoms. The van der Waals surface area contributed by atoms with Gasteiger partial charge in [-0.05, 0) is 31.4 Å². The Morgan fingerprint density at radius 2 is 1.87 bits per heavy atom. The first-order valence-corrected chi connectivity index (χ1v) is 10.4. The van der Waals surface area contributed by atoms with Crippen molar-refractivity contribution in [3.05, 3.63) is 47.5 Å². The number of nitrogens with zero attached hydrogens (tertiary/aromatic N) is 7. The number of hydrogen-bond acceptors (Lipinski definition) is 9. The largest absolute Gasteiger partial charge is 0.377 e. The van der Waals surface area contributed by atoms with Crippen molar-refractivity contribution in [1.29, 1.82) is 0 Å². The quantitative estimate of drug-likeness (QED) is 0.607. The number of fused-ring (bicyclic) bond motifs is 1. The average molecular weight is 407 g/mol. The molecule has 4 heterocycles. The van der Waals surface area contributed by atoms with Crippen LogP contribution in [-0.4, -0.2) is 63.3 Å². The molecular weight excluding hydrogens is 382 g/mol. The number of aryl methyl sites for hydroxylation is 1. The molecule has 0 saturated carbocycles. The van der Waals surface area contributed by atoms with E-state index in [1.54, 1.807) is 19.5 Å². The van der Waals surface area contributed by atoms with E-state index < -0.39 is 0 Å². The van der Waals surface area contributed by atoms with E-state index in [2.05, 4.69) is 24.9 Å². The Labute approximate surface area is 175 Å². The van der Waals surface area contributed by atoms with Gasteiger partial charge in [-0.1, -0.05) is 5.16 Å². The third kappa shape index (κ3) is 3.90. The predicted molar refractivity (Wildman–Crippen MR) is 110 cm³/mol. The van der Waals surface area contributed by atoms with E-state index >= 15 is 0 Å². The van der Waals surface area contributed by atoms with E-state index in [-0.39, 0.29) is 0 Å². The second-order valence-electron chi connectivity index (χ2n) is 7.69. The number of rotatable bonds is 6. The number of piperazine rings is 1. The highest BCUT2D eigenvalue weighted by Crippen LogP contribution is 2.31. The number of aromatic nitrogens is 5. The van der Waals surface area contributed by atoms with E-state index in [1.807, 2.05) is 12.1 Å². The van der Waals surface area contributed by atoms with Crippen LogP contribution in [0.15, 0.2) is 29.0 Å². The number of anilines is 1. The lowest BCUT2D eigenvalue weighted by Crippen LogP contribution is -2.46. The molecule has 1 fully saturated rings. The van der Waals surface area contributed by atoms with Crippen LogP contribution >= 0.6 is 0 Å². The van der Waals surface area contributed by atoms with Crippen molar-refractivity contribution in [1.82, 2.24) is 30.0 Å². The van der Waals surface area contributed by atoms with Gasteiger partial charge < -0.3 is 14.2 Å². The highest BCUT2D eigenvalue weighted by Gasteiger charge is 2.26. The molecule has 156 valence electrons. The van der Waals surface area contributed by atoms with Crippen LogP contribution in [-0.2, 0) is 30.7 Å². The minimum atomic E-state index is 0.371. The molecule has 9 nitrogen and oxygen atoms in total. The highest BCUT2D eigenvalue weighted by atomic mass is 16.5. The molecule has 0 atom stereocenters. The van der Waals surface area contributed by atoms with Gasteiger partial charge in [0.05, 0.1) is 6.54 Å². The molecule has 30 heavy (non-hydrogen) atoms. The Bertz CT molecular complexity index is 1000. The number of pyridine rings is 1. The summed E-state index contributed by atoms with van der Waals surface area (Å²) in [4.78, 5) is 23.1. The summed E-state index contributed by atoms with van der Waals surface area (Å²) in [5, 5.41) is 3.94. The van der Waals surface area contributed by atoms with Gasteiger partial charge in [0.1, 0.15) is 12.4 Å². The zero-order valence-corrected chi connectivity index (χ0v) is 17.1. The van der Waals surface area contributed by atoms with Crippen LogP contribution in [0.5, 0.6) is 0 Å². The van der Waals surface area contributed by atoms with E-state index in [4.69, 9.17) is 19.2 Å². The molecule has 1 aliphatic carbocycles. The third-order valence-corrected chi connectivity index (χ3v) is 5.66. The molecule has 0 unspecified atom stereocenters. The summed E-state index contributed by atoms with van der Waals surface area (Å²) in [5.41, 5.74) is 3.54. The lowest BCUT2D eigenvalue weighted by molar-refractivity contribution is 0.174. The Morgan fingerprint density at radius 1 is 1.03 bits per heavy atom. The minimum Gasteiger partial charge on any atom is -0.377 e. The summed E-state index contributed by atoms with van der Waals surface area (Å²) in [6.07, 6.45) is 6.83. The van der Waals surface area contributed by atoms with Crippen molar-refractivity contribution in [2.24, 2.45) is 0 Å². The van der Waals surface area contributed by atoms with Gasteiger partial charge in [-0.15, -0.1) is 0 Å². The molecule has 1 saturated heterocycles. The molecule has 2 aliphatic rings. The van der Waals surface area contributed by atoms with E-state index in [0.717, 1.165) is 62.6 Å². The number of methoxy groups -OCH3 is 1. The molecule has 1 aliphatic heterocycles.